The second kappa shape index (κ2) is 7.29. The van der Waals surface area contributed by atoms with Crippen LogP contribution in [0.1, 0.15) is 32.1 Å². The van der Waals surface area contributed by atoms with Crippen LogP contribution in [0.2, 0.25) is 0 Å². The molecule has 1 aliphatic carbocycles. The van der Waals surface area contributed by atoms with Crippen LogP contribution in [0.4, 0.5) is 0 Å². The van der Waals surface area contributed by atoms with Crippen molar-refractivity contribution < 1.29 is 9.59 Å². The lowest BCUT2D eigenvalue weighted by Gasteiger charge is -2.05. The van der Waals surface area contributed by atoms with Crippen molar-refractivity contribution >= 4 is 34.8 Å². The van der Waals surface area contributed by atoms with E-state index < -0.39 is 0 Å². The predicted octanol–water partition coefficient (Wildman–Crippen LogP) is 4.03. The number of benzene rings is 2. The second-order valence-electron chi connectivity index (χ2n) is 6.55. The number of Topliss-reactive ketones (excluding diaryl/α,β-unsaturated/α-hetero) is 1. The van der Waals surface area contributed by atoms with Gasteiger partial charge in [-0.25, -0.2) is 4.98 Å². The molecule has 1 heterocycles. The SMILES string of the molecule is Cc1nc(SCC(=O)c2ccc3c(c2)-c2ccccc2C3)sc1CC(N)=O. The van der Waals surface area contributed by atoms with E-state index in [2.05, 4.69) is 29.2 Å². The number of fused-ring (bicyclic) bond motifs is 3. The summed E-state index contributed by atoms with van der Waals surface area (Å²) in [4.78, 5) is 29.1. The van der Waals surface area contributed by atoms with Crippen LogP contribution < -0.4 is 5.73 Å². The molecule has 0 radical (unpaired) electrons. The lowest BCUT2D eigenvalue weighted by molar-refractivity contribution is -0.117. The van der Waals surface area contributed by atoms with Gasteiger partial charge >= 0.3 is 0 Å². The number of nitrogens with zero attached hydrogens (tertiary/aromatic N) is 1. The number of ketones is 1. The number of nitrogens with two attached hydrogens (primary N) is 1. The summed E-state index contributed by atoms with van der Waals surface area (Å²) in [6.45, 7) is 1.86. The predicted molar refractivity (Wildman–Crippen MR) is 109 cm³/mol. The van der Waals surface area contributed by atoms with Gasteiger partial charge in [0.15, 0.2) is 10.1 Å². The molecule has 4 nitrogen and oxygen atoms in total. The number of rotatable bonds is 6. The number of thioether (sulfide) groups is 1. The summed E-state index contributed by atoms with van der Waals surface area (Å²) in [5.74, 6) is 0.0351. The third-order valence-electron chi connectivity index (χ3n) is 4.65. The van der Waals surface area contributed by atoms with Gasteiger partial charge in [-0.05, 0) is 41.7 Å². The zero-order valence-electron chi connectivity index (χ0n) is 14.8. The van der Waals surface area contributed by atoms with Crippen LogP contribution in [0.3, 0.4) is 0 Å². The lowest BCUT2D eigenvalue weighted by atomic mass is 10.0. The van der Waals surface area contributed by atoms with Crippen molar-refractivity contribution in [3.8, 4) is 11.1 Å². The van der Waals surface area contributed by atoms with E-state index in [0.29, 0.717) is 5.75 Å². The molecule has 2 aromatic carbocycles. The first-order chi connectivity index (χ1) is 13.0. The summed E-state index contributed by atoms with van der Waals surface area (Å²) >= 11 is 2.84. The fourth-order valence-electron chi connectivity index (χ4n) is 3.29. The largest absolute Gasteiger partial charge is 0.369 e. The van der Waals surface area contributed by atoms with Gasteiger partial charge in [0, 0.05) is 10.4 Å². The molecule has 136 valence electrons. The molecule has 0 fully saturated rings. The molecule has 2 N–H and O–H groups in total. The number of thiazole rings is 1. The Balaban J connectivity index is 1.48. The molecule has 0 saturated carbocycles. The van der Waals surface area contributed by atoms with Gasteiger partial charge in [0.1, 0.15) is 0 Å². The minimum atomic E-state index is -0.368. The Labute approximate surface area is 165 Å². The van der Waals surface area contributed by atoms with E-state index in [-0.39, 0.29) is 18.1 Å². The smallest absolute Gasteiger partial charge is 0.222 e. The molecule has 1 amide bonds. The minimum absolute atomic E-state index is 0.0801. The van der Waals surface area contributed by atoms with E-state index in [1.165, 1.54) is 39.8 Å². The summed E-state index contributed by atoms with van der Waals surface area (Å²) in [7, 11) is 0. The summed E-state index contributed by atoms with van der Waals surface area (Å²) < 4.78 is 0.795. The van der Waals surface area contributed by atoms with Crippen molar-refractivity contribution in [1.29, 1.82) is 0 Å². The standard InChI is InChI=1S/C21H18N2O2S2/c1-12-19(10-20(22)25)27-21(23-12)26-11-18(24)15-7-6-14-8-13-4-2-3-5-16(13)17(14)9-15/h2-7,9H,8,10-11H2,1H3,(H2,22,25). The summed E-state index contributed by atoms with van der Waals surface area (Å²) in [6.07, 6.45) is 1.12. The van der Waals surface area contributed by atoms with E-state index in [0.717, 1.165) is 32.5 Å². The first-order valence-corrected chi connectivity index (χ1v) is 10.4. The fourth-order valence-corrected chi connectivity index (χ4v) is 5.43. The van der Waals surface area contributed by atoms with Crippen LogP contribution in [0.25, 0.3) is 11.1 Å². The Morgan fingerprint density at radius 2 is 1.93 bits per heavy atom. The zero-order chi connectivity index (χ0) is 19.0. The zero-order valence-corrected chi connectivity index (χ0v) is 16.5. The molecule has 0 saturated heterocycles. The van der Waals surface area contributed by atoms with Crippen LogP contribution >= 0.6 is 23.1 Å². The first kappa shape index (κ1) is 17.9. The third-order valence-corrected chi connectivity index (χ3v) is 6.96. The molecule has 0 unspecified atom stereocenters. The lowest BCUT2D eigenvalue weighted by Crippen LogP contribution is -2.13. The van der Waals surface area contributed by atoms with Crippen molar-refractivity contribution in [3.63, 3.8) is 0 Å². The van der Waals surface area contributed by atoms with Gasteiger partial charge in [0.05, 0.1) is 17.9 Å². The number of primary amides is 1. The van der Waals surface area contributed by atoms with Crippen LogP contribution in [0.5, 0.6) is 0 Å². The highest BCUT2D eigenvalue weighted by molar-refractivity contribution is 8.01. The minimum Gasteiger partial charge on any atom is -0.369 e. The first-order valence-electron chi connectivity index (χ1n) is 8.63. The van der Waals surface area contributed by atoms with Gasteiger partial charge in [-0.2, -0.15) is 0 Å². The molecular weight excluding hydrogens is 376 g/mol. The van der Waals surface area contributed by atoms with Gasteiger partial charge in [0.2, 0.25) is 5.91 Å². The van der Waals surface area contributed by atoms with Gasteiger partial charge in [-0.1, -0.05) is 48.2 Å². The third kappa shape index (κ3) is 3.68. The van der Waals surface area contributed by atoms with Gasteiger partial charge < -0.3 is 5.73 Å². The maximum atomic E-state index is 12.7. The van der Waals surface area contributed by atoms with Crippen molar-refractivity contribution in [2.45, 2.75) is 24.1 Å². The van der Waals surface area contributed by atoms with Crippen molar-refractivity contribution in [2.75, 3.05) is 5.75 Å². The summed E-state index contributed by atoms with van der Waals surface area (Å²) in [5, 5.41) is 0. The Morgan fingerprint density at radius 3 is 2.74 bits per heavy atom. The molecular formula is C21H18N2O2S2. The number of aryl methyl sites for hydroxylation is 1. The molecule has 0 bridgehead atoms. The van der Waals surface area contributed by atoms with Gasteiger partial charge in [-0.3, -0.25) is 9.59 Å². The van der Waals surface area contributed by atoms with Crippen LogP contribution in [-0.2, 0) is 17.6 Å². The fraction of sp³-hybridized carbons (Fsp3) is 0.190. The normalized spacial score (nSPS) is 11.9. The second-order valence-corrected chi connectivity index (χ2v) is 8.86. The topological polar surface area (TPSA) is 73.1 Å². The van der Waals surface area contributed by atoms with Crippen LogP contribution in [0.15, 0.2) is 46.8 Å². The van der Waals surface area contributed by atoms with E-state index >= 15 is 0 Å². The van der Waals surface area contributed by atoms with Gasteiger partial charge in [-0.15, -0.1) is 11.3 Å². The molecule has 6 heteroatoms. The average Bonchev–Trinajstić information content (AvgIpc) is 3.19. The number of aromatic nitrogens is 1. The van der Waals surface area contributed by atoms with E-state index in [1.807, 2.05) is 25.1 Å². The number of hydrogen-bond acceptors (Lipinski definition) is 5. The Hall–Kier alpha value is -2.44. The monoisotopic (exact) mass is 394 g/mol. The molecule has 0 atom stereocenters. The van der Waals surface area contributed by atoms with E-state index in [1.54, 1.807) is 0 Å². The number of carbonyl (C=O) groups excluding carboxylic acids is 2. The summed E-state index contributed by atoms with van der Waals surface area (Å²) in [5.41, 5.74) is 11.8. The van der Waals surface area contributed by atoms with Crippen molar-refractivity contribution in [1.82, 2.24) is 4.98 Å². The van der Waals surface area contributed by atoms with E-state index in [4.69, 9.17) is 5.73 Å². The van der Waals surface area contributed by atoms with Gasteiger partial charge in [0.25, 0.3) is 0 Å². The molecule has 1 aromatic heterocycles. The number of amides is 1. The Morgan fingerprint density at radius 1 is 1.15 bits per heavy atom. The van der Waals surface area contributed by atoms with Crippen molar-refractivity contribution in [3.05, 3.63) is 69.7 Å². The van der Waals surface area contributed by atoms with Crippen molar-refractivity contribution in [2.24, 2.45) is 5.73 Å². The highest BCUT2D eigenvalue weighted by atomic mass is 32.2. The average molecular weight is 395 g/mol. The molecule has 4 rings (SSSR count). The number of carbonyl (C=O) groups is 2. The Bertz CT molecular complexity index is 1060. The maximum Gasteiger partial charge on any atom is 0.222 e. The molecule has 27 heavy (non-hydrogen) atoms. The quantitative estimate of drug-likeness (QED) is 0.396. The highest BCUT2D eigenvalue weighted by Gasteiger charge is 2.20. The molecule has 0 aliphatic heterocycles. The van der Waals surface area contributed by atoms with E-state index in [9.17, 15) is 9.59 Å². The maximum absolute atomic E-state index is 12.7. The molecule has 1 aliphatic rings. The Kier molecular flexibility index (Phi) is 4.85. The summed E-state index contributed by atoms with van der Waals surface area (Å²) in [6, 6.07) is 14.3. The van der Waals surface area contributed by atoms with Crippen LogP contribution in [0, 0.1) is 6.92 Å². The number of hydrogen-bond donors (Lipinski definition) is 1. The van der Waals surface area contributed by atoms with Crippen LogP contribution in [-0.4, -0.2) is 22.4 Å². The molecule has 0 spiro atoms. The highest BCUT2D eigenvalue weighted by Crippen LogP contribution is 2.37. The molecule has 3 aromatic rings.